The van der Waals surface area contributed by atoms with E-state index in [1.807, 2.05) is 26.4 Å². The van der Waals surface area contributed by atoms with Crippen molar-refractivity contribution in [3.63, 3.8) is 0 Å². The van der Waals surface area contributed by atoms with Crippen LogP contribution in [-0.2, 0) is 20.0 Å². The summed E-state index contributed by atoms with van der Waals surface area (Å²) in [6.07, 6.45) is 5.19. The van der Waals surface area contributed by atoms with Crippen LogP contribution in [-0.4, -0.2) is 104 Å². The van der Waals surface area contributed by atoms with Crippen molar-refractivity contribution in [1.29, 1.82) is 0 Å². The molecule has 2 saturated heterocycles. The van der Waals surface area contributed by atoms with Gasteiger partial charge in [-0.3, -0.25) is 0 Å². The van der Waals surface area contributed by atoms with E-state index in [1.54, 1.807) is 28.8 Å². The fraction of sp³-hybridized carbons (Fsp3) is 0.750. The molecule has 210 valence electrons. The molecular weight excluding hydrogens is 514 g/mol. The van der Waals surface area contributed by atoms with E-state index >= 15 is 0 Å². The third-order valence-electron chi connectivity index (χ3n) is 7.85. The molecule has 2 aliphatic rings. The van der Waals surface area contributed by atoms with Crippen LogP contribution in [0.2, 0.25) is 0 Å². The van der Waals surface area contributed by atoms with Gasteiger partial charge in [0, 0.05) is 51.5 Å². The molecule has 0 amide bonds. The lowest BCUT2D eigenvalue weighted by molar-refractivity contribution is 0.229. The molecule has 0 bridgehead atoms. The Kier molecular flexibility index (Phi) is 9.95. The van der Waals surface area contributed by atoms with Crippen LogP contribution in [0, 0.1) is 11.8 Å². The maximum Gasteiger partial charge on any atom is 0.213 e. The van der Waals surface area contributed by atoms with Gasteiger partial charge < -0.3 is 15.2 Å². The van der Waals surface area contributed by atoms with Gasteiger partial charge in [-0.2, -0.15) is 4.31 Å². The van der Waals surface area contributed by atoms with Crippen LogP contribution >= 0.6 is 0 Å². The summed E-state index contributed by atoms with van der Waals surface area (Å²) in [5.74, 6) is 2.14. The number of hydrogen-bond donors (Lipinski definition) is 2. The minimum atomic E-state index is -3.16. The summed E-state index contributed by atoms with van der Waals surface area (Å²) < 4.78 is 50.9. The molecule has 11 nitrogen and oxygen atoms in total. The first-order valence-electron chi connectivity index (χ1n) is 13.1. The van der Waals surface area contributed by atoms with E-state index in [9.17, 15) is 16.8 Å². The van der Waals surface area contributed by atoms with Crippen molar-refractivity contribution in [2.45, 2.75) is 52.6 Å². The van der Waals surface area contributed by atoms with Crippen LogP contribution < -0.4 is 10.2 Å². The second-order valence-corrected chi connectivity index (χ2v) is 14.6. The van der Waals surface area contributed by atoms with Gasteiger partial charge in [-0.05, 0) is 51.6 Å². The largest absolute Gasteiger partial charge is 0.354 e. The van der Waals surface area contributed by atoms with E-state index in [1.165, 1.54) is 0 Å². The SMILES string of the molecule is CCS(=O)(=O)N1CCC(C)C(N(C)c2ncnc3[nH]ccc23)C1.CCS(=O)(=O)N1CCC(C)C(NC)C1. The van der Waals surface area contributed by atoms with Crippen LogP contribution in [0.4, 0.5) is 5.82 Å². The Morgan fingerprint density at radius 2 is 1.59 bits per heavy atom. The third kappa shape index (κ3) is 6.80. The van der Waals surface area contributed by atoms with Gasteiger partial charge in [-0.15, -0.1) is 0 Å². The lowest BCUT2D eigenvalue weighted by Crippen LogP contribution is -2.53. The highest BCUT2D eigenvalue weighted by molar-refractivity contribution is 7.89. The molecule has 0 radical (unpaired) electrons. The molecule has 4 rings (SSSR count). The zero-order valence-corrected chi connectivity index (χ0v) is 24.5. The topological polar surface area (TPSA) is 132 Å². The lowest BCUT2D eigenvalue weighted by Gasteiger charge is -2.41. The second kappa shape index (κ2) is 12.4. The number of anilines is 1. The first-order chi connectivity index (χ1) is 17.4. The summed E-state index contributed by atoms with van der Waals surface area (Å²) in [7, 11) is -2.28. The molecule has 2 fully saturated rings. The number of fused-ring (bicyclic) bond motifs is 1. The summed E-state index contributed by atoms with van der Waals surface area (Å²) in [6.45, 7) is 10.1. The highest BCUT2D eigenvalue weighted by Gasteiger charge is 2.35. The van der Waals surface area contributed by atoms with Crippen LogP contribution in [0.3, 0.4) is 0 Å². The number of H-pyrrole nitrogens is 1. The molecule has 2 aromatic rings. The molecule has 13 heteroatoms. The monoisotopic (exact) mass is 557 g/mol. The highest BCUT2D eigenvalue weighted by Crippen LogP contribution is 2.29. The summed E-state index contributed by atoms with van der Waals surface area (Å²) >= 11 is 0. The molecule has 4 unspecified atom stereocenters. The fourth-order valence-corrected chi connectivity index (χ4v) is 7.37. The minimum Gasteiger partial charge on any atom is -0.354 e. The zero-order valence-electron chi connectivity index (χ0n) is 22.9. The van der Waals surface area contributed by atoms with E-state index in [4.69, 9.17) is 0 Å². The molecule has 37 heavy (non-hydrogen) atoms. The van der Waals surface area contributed by atoms with Crippen molar-refractivity contribution < 1.29 is 16.8 Å². The van der Waals surface area contributed by atoms with Crippen molar-refractivity contribution >= 4 is 36.9 Å². The number of nitrogens with one attached hydrogen (secondary N) is 2. The number of sulfonamides is 2. The van der Waals surface area contributed by atoms with E-state index in [-0.39, 0.29) is 17.5 Å². The first kappa shape index (κ1) is 29.8. The number of likely N-dealkylation sites (N-methyl/N-ethyl adjacent to an activating group) is 2. The molecule has 0 aromatic carbocycles. The van der Waals surface area contributed by atoms with Gasteiger partial charge in [-0.25, -0.2) is 31.1 Å². The number of aromatic amines is 1. The van der Waals surface area contributed by atoms with Crippen LogP contribution in [0.5, 0.6) is 0 Å². The van der Waals surface area contributed by atoms with Gasteiger partial charge in [-0.1, -0.05) is 13.8 Å². The summed E-state index contributed by atoms with van der Waals surface area (Å²) in [5, 5.41) is 4.13. The van der Waals surface area contributed by atoms with E-state index in [0.29, 0.717) is 44.1 Å². The number of rotatable bonds is 7. The molecule has 2 aromatic heterocycles. The van der Waals surface area contributed by atoms with Gasteiger partial charge in [0.15, 0.2) is 0 Å². The predicted molar refractivity (Wildman–Crippen MR) is 149 cm³/mol. The fourth-order valence-electron chi connectivity index (χ4n) is 5.11. The van der Waals surface area contributed by atoms with Gasteiger partial charge in [0.05, 0.1) is 16.9 Å². The standard InChI is InChI=1S/C15H23N5O2S.C9H20N2O2S/c1-4-23(21,22)20-8-6-11(2)13(9-20)19(3)15-12-5-7-16-14(12)17-10-18-15;1-4-14(12,13)11-6-5-8(2)9(7-11)10-3/h5,7,10-11,13H,4,6,8-9H2,1-3H3,(H,16,17,18);8-10H,4-7H2,1-3H3. The number of nitrogens with zero attached hydrogens (tertiary/aromatic N) is 5. The predicted octanol–water partition coefficient (Wildman–Crippen LogP) is 1.72. The Labute approximate surface area is 222 Å². The van der Waals surface area contributed by atoms with Crippen molar-refractivity contribution in [2.24, 2.45) is 11.8 Å². The van der Waals surface area contributed by atoms with Crippen molar-refractivity contribution in [3.8, 4) is 0 Å². The Bertz CT molecular complexity index is 1230. The number of aromatic nitrogens is 3. The van der Waals surface area contributed by atoms with Gasteiger partial charge in [0.2, 0.25) is 20.0 Å². The molecular formula is C24H43N7O4S2. The molecule has 0 saturated carbocycles. The average molecular weight is 558 g/mol. The lowest BCUT2D eigenvalue weighted by atomic mass is 9.93. The second-order valence-electron chi connectivity index (χ2n) is 10.1. The Balaban J connectivity index is 0.000000233. The number of hydrogen-bond acceptors (Lipinski definition) is 8. The molecule has 0 aliphatic carbocycles. The van der Waals surface area contributed by atoms with E-state index in [2.05, 4.69) is 39.0 Å². The van der Waals surface area contributed by atoms with E-state index < -0.39 is 20.0 Å². The minimum absolute atomic E-state index is 0.0954. The number of piperidine rings is 2. The van der Waals surface area contributed by atoms with Crippen LogP contribution in [0.1, 0.15) is 40.5 Å². The Morgan fingerprint density at radius 3 is 2.19 bits per heavy atom. The summed E-state index contributed by atoms with van der Waals surface area (Å²) in [6, 6.07) is 2.35. The maximum atomic E-state index is 12.2. The summed E-state index contributed by atoms with van der Waals surface area (Å²) in [5.41, 5.74) is 0.795. The Hall–Kier alpha value is -1.80. The molecule has 2 aliphatic heterocycles. The van der Waals surface area contributed by atoms with Gasteiger partial charge in [0.1, 0.15) is 17.8 Å². The van der Waals surface area contributed by atoms with Crippen LogP contribution in [0.25, 0.3) is 11.0 Å². The van der Waals surface area contributed by atoms with Crippen LogP contribution in [0.15, 0.2) is 18.6 Å². The van der Waals surface area contributed by atoms with Crippen molar-refractivity contribution in [3.05, 3.63) is 18.6 Å². The smallest absolute Gasteiger partial charge is 0.213 e. The van der Waals surface area contributed by atoms with Crippen molar-refractivity contribution in [2.75, 3.05) is 56.7 Å². The molecule has 4 atom stereocenters. The van der Waals surface area contributed by atoms with E-state index in [0.717, 1.165) is 29.7 Å². The summed E-state index contributed by atoms with van der Waals surface area (Å²) in [4.78, 5) is 13.8. The third-order valence-corrected chi connectivity index (χ3v) is 11.6. The van der Waals surface area contributed by atoms with Crippen molar-refractivity contribution in [1.82, 2.24) is 28.9 Å². The normalized spacial score (nSPS) is 26.0. The molecule has 0 spiro atoms. The zero-order chi connectivity index (χ0) is 27.4. The van der Waals surface area contributed by atoms with Gasteiger partial charge in [0.25, 0.3) is 0 Å². The molecule has 2 N–H and O–H groups in total. The van der Waals surface area contributed by atoms with Gasteiger partial charge >= 0.3 is 0 Å². The highest BCUT2D eigenvalue weighted by atomic mass is 32.2. The molecule has 4 heterocycles. The average Bonchev–Trinajstić information content (AvgIpc) is 3.38. The first-order valence-corrected chi connectivity index (χ1v) is 16.3. The maximum absolute atomic E-state index is 12.2. The Morgan fingerprint density at radius 1 is 1.00 bits per heavy atom. The quantitative estimate of drug-likeness (QED) is 0.526.